The molecule has 2 rings (SSSR count). The summed E-state index contributed by atoms with van der Waals surface area (Å²) in [6.45, 7) is 7.60. The van der Waals surface area contributed by atoms with Crippen LogP contribution in [0.1, 0.15) is 63.4 Å². The van der Waals surface area contributed by atoms with Crippen molar-refractivity contribution >= 4 is 28.4 Å². The van der Waals surface area contributed by atoms with E-state index in [1.807, 2.05) is 0 Å². The number of halogens is 1. The van der Waals surface area contributed by atoms with Gasteiger partial charge in [0.25, 0.3) is 0 Å². The number of hydrogen-bond donors (Lipinski definition) is 1. The van der Waals surface area contributed by atoms with Crippen LogP contribution in [0.5, 0.6) is 0 Å². The van der Waals surface area contributed by atoms with Crippen LogP contribution in [0.15, 0.2) is 0 Å². The summed E-state index contributed by atoms with van der Waals surface area (Å²) < 4.78 is 1.17. The first-order valence-corrected chi connectivity index (χ1v) is 8.47. The lowest BCUT2D eigenvalue weighted by Gasteiger charge is -2.26. The molecule has 1 aromatic heterocycles. The maximum absolute atomic E-state index is 4.80. The summed E-state index contributed by atoms with van der Waals surface area (Å²) in [7, 11) is 0. The van der Waals surface area contributed by atoms with E-state index in [4.69, 9.17) is 9.97 Å². The van der Waals surface area contributed by atoms with E-state index < -0.39 is 0 Å². The van der Waals surface area contributed by atoms with Gasteiger partial charge in [-0.15, -0.1) is 0 Å². The molecule has 19 heavy (non-hydrogen) atoms. The summed E-state index contributed by atoms with van der Waals surface area (Å²) in [6.07, 6.45) is 6.29. The lowest BCUT2D eigenvalue weighted by molar-refractivity contribution is 0.335. The fourth-order valence-electron chi connectivity index (χ4n) is 2.79. The fraction of sp³-hybridized carbons (Fsp3) is 0.733. The highest BCUT2D eigenvalue weighted by Crippen LogP contribution is 2.35. The monoisotopic (exact) mass is 373 g/mol. The van der Waals surface area contributed by atoms with Gasteiger partial charge in [0.2, 0.25) is 0 Å². The SMILES string of the molecule is CCCNc1nc(C2CCCC(C)C2)nc(C)c1I. The molecule has 1 saturated carbocycles. The van der Waals surface area contributed by atoms with E-state index in [1.165, 1.54) is 29.3 Å². The van der Waals surface area contributed by atoms with E-state index in [1.54, 1.807) is 0 Å². The highest BCUT2D eigenvalue weighted by atomic mass is 127. The normalized spacial score (nSPS) is 23.4. The van der Waals surface area contributed by atoms with Gasteiger partial charge in [-0.05, 0) is 54.7 Å². The van der Waals surface area contributed by atoms with Crippen LogP contribution < -0.4 is 5.32 Å². The predicted molar refractivity (Wildman–Crippen MR) is 88.6 cm³/mol. The summed E-state index contributed by atoms with van der Waals surface area (Å²) in [6, 6.07) is 0. The zero-order valence-electron chi connectivity index (χ0n) is 12.2. The summed E-state index contributed by atoms with van der Waals surface area (Å²) in [4.78, 5) is 9.54. The third-order valence-electron chi connectivity index (χ3n) is 3.88. The van der Waals surface area contributed by atoms with E-state index in [0.29, 0.717) is 5.92 Å². The van der Waals surface area contributed by atoms with Crippen molar-refractivity contribution in [1.29, 1.82) is 0 Å². The average molecular weight is 373 g/mol. The minimum Gasteiger partial charge on any atom is -0.369 e. The molecule has 0 aromatic carbocycles. The second-order valence-corrected chi connectivity index (χ2v) is 6.80. The average Bonchev–Trinajstić information content (AvgIpc) is 2.40. The quantitative estimate of drug-likeness (QED) is 0.790. The molecule has 1 heterocycles. The van der Waals surface area contributed by atoms with Gasteiger partial charge in [-0.1, -0.05) is 26.7 Å². The van der Waals surface area contributed by atoms with Gasteiger partial charge in [-0.2, -0.15) is 0 Å². The Labute approximate surface area is 130 Å². The summed E-state index contributed by atoms with van der Waals surface area (Å²) in [5, 5.41) is 3.44. The van der Waals surface area contributed by atoms with Gasteiger partial charge >= 0.3 is 0 Å². The highest BCUT2D eigenvalue weighted by molar-refractivity contribution is 14.1. The first kappa shape index (κ1) is 15.0. The maximum Gasteiger partial charge on any atom is 0.143 e. The molecule has 0 saturated heterocycles. The third kappa shape index (κ3) is 3.80. The molecule has 0 amide bonds. The van der Waals surface area contributed by atoms with Crippen LogP contribution in [0.25, 0.3) is 0 Å². The van der Waals surface area contributed by atoms with Gasteiger partial charge in [-0.25, -0.2) is 9.97 Å². The molecule has 1 aromatic rings. The number of rotatable bonds is 4. The molecule has 0 spiro atoms. The van der Waals surface area contributed by atoms with Gasteiger partial charge in [0.05, 0.1) is 9.26 Å². The van der Waals surface area contributed by atoms with Gasteiger partial charge < -0.3 is 5.32 Å². The number of hydrogen-bond acceptors (Lipinski definition) is 3. The molecule has 1 aliphatic rings. The zero-order valence-corrected chi connectivity index (χ0v) is 14.3. The molecule has 2 atom stereocenters. The van der Waals surface area contributed by atoms with Crippen molar-refractivity contribution in [1.82, 2.24) is 9.97 Å². The zero-order chi connectivity index (χ0) is 13.8. The van der Waals surface area contributed by atoms with Crippen molar-refractivity contribution in [2.75, 3.05) is 11.9 Å². The van der Waals surface area contributed by atoms with E-state index >= 15 is 0 Å². The summed E-state index contributed by atoms with van der Waals surface area (Å²) >= 11 is 2.35. The Bertz CT molecular complexity index is 434. The smallest absolute Gasteiger partial charge is 0.143 e. The van der Waals surface area contributed by atoms with Crippen LogP contribution in [-0.2, 0) is 0 Å². The minimum absolute atomic E-state index is 0.557. The lowest BCUT2D eigenvalue weighted by Crippen LogP contribution is -2.17. The molecular formula is C15H24IN3. The third-order valence-corrected chi connectivity index (χ3v) is 5.17. The van der Waals surface area contributed by atoms with E-state index in [0.717, 1.165) is 36.2 Å². The summed E-state index contributed by atoms with van der Waals surface area (Å²) in [5.74, 6) is 3.46. The molecule has 4 heteroatoms. The van der Waals surface area contributed by atoms with Gasteiger partial charge in [0.1, 0.15) is 11.6 Å². The van der Waals surface area contributed by atoms with Crippen molar-refractivity contribution < 1.29 is 0 Å². The number of aryl methyl sites for hydroxylation is 1. The van der Waals surface area contributed by atoms with Gasteiger partial charge in [-0.3, -0.25) is 0 Å². The fourth-order valence-corrected chi connectivity index (χ4v) is 3.22. The van der Waals surface area contributed by atoms with Crippen LogP contribution in [0.4, 0.5) is 5.82 Å². The van der Waals surface area contributed by atoms with Crippen molar-refractivity contribution in [2.24, 2.45) is 5.92 Å². The maximum atomic E-state index is 4.80. The minimum atomic E-state index is 0.557. The second kappa shape index (κ2) is 6.86. The topological polar surface area (TPSA) is 37.8 Å². The molecule has 106 valence electrons. The standard InChI is InChI=1S/C15H24IN3/c1-4-8-17-15-13(16)11(3)18-14(19-15)12-7-5-6-10(2)9-12/h10,12H,4-9H2,1-3H3,(H,17,18,19). The summed E-state index contributed by atoms with van der Waals surface area (Å²) in [5.41, 5.74) is 1.11. The molecule has 3 nitrogen and oxygen atoms in total. The van der Waals surface area contributed by atoms with Crippen molar-refractivity contribution in [3.63, 3.8) is 0 Å². The molecule has 2 unspecified atom stereocenters. The van der Waals surface area contributed by atoms with E-state index in [9.17, 15) is 0 Å². The molecule has 1 aliphatic carbocycles. The van der Waals surface area contributed by atoms with Gasteiger partial charge in [0, 0.05) is 12.5 Å². The van der Waals surface area contributed by atoms with E-state index in [2.05, 4.69) is 48.7 Å². The molecule has 0 aliphatic heterocycles. The molecule has 1 fully saturated rings. The van der Waals surface area contributed by atoms with Crippen LogP contribution in [0.2, 0.25) is 0 Å². The Morgan fingerprint density at radius 2 is 2.11 bits per heavy atom. The number of anilines is 1. The van der Waals surface area contributed by atoms with Crippen LogP contribution in [0, 0.1) is 16.4 Å². The molecular weight excluding hydrogens is 349 g/mol. The van der Waals surface area contributed by atoms with Crippen LogP contribution in [-0.4, -0.2) is 16.5 Å². The Hall–Kier alpha value is -0.390. The van der Waals surface area contributed by atoms with E-state index in [-0.39, 0.29) is 0 Å². The Kier molecular flexibility index (Phi) is 5.42. The largest absolute Gasteiger partial charge is 0.369 e. The Morgan fingerprint density at radius 3 is 2.79 bits per heavy atom. The first-order valence-electron chi connectivity index (χ1n) is 7.39. The van der Waals surface area contributed by atoms with Crippen molar-refractivity contribution in [2.45, 2.75) is 58.8 Å². The van der Waals surface area contributed by atoms with Crippen LogP contribution in [0.3, 0.4) is 0 Å². The Morgan fingerprint density at radius 1 is 1.32 bits per heavy atom. The first-order chi connectivity index (χ1) is 9.11. The predicted octanol–water partition coefficient (Wildman–Crippen LogP) is 4.51. The Balaban J connectivity index is 2.22. The van der Waals surface area contributed by atoms with Crippen molar-refractivity contribution in [3.05, 3.63) is 15.1 Å². The van der Waals surface area contributed by atoms with Crippen LogP contribution >= 0.6 is 22.6 Å². The lowest BCUT2D eigenvalue weighted by atomic mass is 9.82. The molecule has 0 bridgehead atoms. The van der Waals surface area contributed by atoms with Crippen molar-refractivity contribution in [3.8, 4) is 0 Å². The highest BCUT2D eigenvalue weighted by Gasteiger charge is 2.24. The number of nitrogens with zero attached hydrogens (tertiary/aromatic N) is 2. The number of aromatic nitrogens is 2. The molecule has 0 radical (unpaired) electrons. The second-order valence-electron chi connectivity index (χ2n) is 5.73. The van der Waals surface area contributed by atoms with Gasteiger partial charge in [0.15, 0.2) is 0 Å². The number of nitrogens with one attached hydrogen (secondary N) is 1. The molecule has 1 N–H and O–H groups in total.